The van der Waals surface area contributed by atoms with Gasteiger partial charge in [-0.3, -0.25) is 0 Å². The quantitative estimate of drug-likeness (QED) is 0.498. The number of anilines is 2. The molecular formula is C17H17ClN2O2. The predicted octanol–water partition coefficient (Wildman–Crippen LogP) is 3.94. The van der Waals surface area contributed by atoms with E-state index < -0.39 is 5.97 Å². The summed E-state index contributed by atoms with van der Waals surface area (Å²) in [7, 11) is 0. The van der Waals surface area contributed by atoms with Crippen LogP contribution in [0.3, 0.4) is 0 Å². The van der Waals surface area contributed by atoms with E-state index in [0.29, 0.717) is 28.7 Å². The molecule has 0 unspecified atom stereocenters. The first-order valence-corrected chi connectivity index (χ1v) is 7.24. The van der Waals surface area contributed by atoms with E-state index in [1.54, 1.807) is 25.1 Å². The Hall–Kier alpha value is -2.46. The molecule has 0 radical (unpaired) electrons. The van der Waals surface area contributed by atoms with E-state index in [2.05, 4.69) is 5.32 Å². The van der Waals surface area contributed by atoms with Crippen molar-refractivity contribution in [2.75, 3.05) is 17.7 Å². The van der Waals surface area contributed by atoms with Crippen molar-refractivity contribution in [1.29, 1.82) is 0 Å². The van der Waals surface area contributed by atoms with Crippen LogP contribution < -0.4 is 11.1 Å². The summed E-state index contributed by atoms with van der Waals surface area (Å²) in [6.07, 6.45) is 1.40. The molecule has 0 aliphatic heterocycles. The predicted molar refractivity (Wildman–Crippen MR) is 90.5 cm³/mol. The second-order valence-electron chi connectivity index (χ2n) is 4.53. The molecule has 3 N–H and O–H groups in total. The summed E-state index contributed by atoms with van der Waals surface area (Å²) in [6, 6.07) is 14.5. The summed E-state index contributed by atoms with van der Waals surface area (Å²) >= 11 is 5.91. The Bertz CT molecular complexity index is 681. The van der Waals surface area contributed by atoms with E-state index in [1.807, 2.05) is 30.3 Å². The van der Waals surface area contributed by atoms with E-state index in [-0.39, 0.29) is 0 Å². The van der Waals surface area contributed by atoms with Gasteiger partial charge in [0.1, 0.15) is 0 Å². The second-order valence-corrected chi connectivity index (χ2v) is 4.97. The third kappa shape index (κ3) is 4.27. The Labute approximate surface area is 134 Å². The van der Waals surface area contributed by atoms with E-state index in [0.717, 1.165) is 5.56 Å². The monoisotopic (exact) mass is 316 g/mol. The molecule has 0 atom stereocenters. The molecule has 0 fully saturated rings. The maximum absolute atomic E-state index is 11.8. The number of hydrogen-bond donors (Lipinski definition) is 2. The van der Waals surface area contributed by atoms with Gasteiger partial charge in [-0.15, -0.1) is 0 Å². The molecule has 0 saturated heterocycles. The third-order valence-corrected chi connectivity index (χ3v) is 3.19. The highest BCUT2D eigenvalue weighted by Gasteiger charge is 2.08. The smallest absolute Gasteiger partial charge is 0.332 e. The van der Waals surface area contributed by atoms with Gasteiger partial charge in [0.25, 0.3) is 0 Å². The van der Waals surface area contributed by atoms with Crippen LogP contribution in [0.15, 0.2) is 54.6 Å². The van der Waals surface area contributed by atoms with Crippen molar-refractivity contribution >= 4 is 34.6 Å². The standard InChI is InChI=1S/C17H17ClN2O2/c1-2-22-17(21)11-16(12-7-9-13(18)10-8-12)20-15-6-4-3-5-14(15)19/h3-11,20H,2,19H2,1H3/b16-11+. The van der Waals surface area contributed by atoms with Crippen molar-refractivity contribution in [2.45, 2.75) is 6.92 Å². The van der Waals surface area contributed by atoms with Crippen LogP contribution in [-0.2, 0) is 9.53 Å². The number of halogens is 1. The molecule has 0 bridgehead atoms. The minimum absolute atomic E-state index is 0.316. The van der Waals surface area contributed by atoms with Gasteiger partial charge in [-0.25, -0.2) is 4.79 Å². The molecule has 5 heteroatoms. The molecule has 0 saturated carbocycles. The van der Waals surface area contributed by atoms with Crippen LogP contribution >= 0.6 is 11.6 Å². The van der Waals surface area contributed by atoms with Gasteiger partial charge in [-0.2, -0.15) is 0 Å². The van der Waals surface area contributed by atoms with Gasteiger partial charge < -0.3 is 15.8 Å². The summed E-state index contributed by atoms with van der Waals surface area (Å²) in [4.78, 5) is 11.8. The van der Waals surface area contributed by atoms with Crippen molar-refractivity contribution in [1.82, 2.24) is 0 Å². The average molecular weight is 317 g/mol. The molecule has 0 aromatic heterocycles. The van der Waals surface area contributed by atoms with Gasteiger partial charge in [0, 0.05) is 11.1 Å². The molecule has 114 valence electrons. The lowest BCUT2D eigenvalue weighted by Gasteiger charge is -2.13. The first-order chi connectivity index (χ1) is 10.6. The van der Waals surface area contributed by atoms with Crippen molar-refractivity contribution in [3.8, 4) is 0 Å². The summed E-state index contributed by atoms with van der Waals surface area (Å²) in [5, 5.41) is 3.79. The number of nitrogen functional groups attached to an aromatic ring is 1. The highest BCUT2D eigenvalue weighted by atomic mass is 35.5. The fourth-order valence-electron chi connectivity index (χ4n) is 1.88. The Balaban J connectivity index is 2.35. The fourth-order valence-corrected chi connectivity index (χ4v) is 2.00. The van der Waals surface area contributed by atoms with Gasteiger partial charge in [0.05, 0.1) is 23.7 Å². The lowest BCUT2D eigenvalue weighted by Crippen LogP contribution is -2.07. The molecule has 2 aromatic carbocycles. The SMILES string of the molecule is CCOC(=O)/C=C(/Nc1ccccc1N)c1ccc(Cl)cc1. The van der Waals surface area contributed by atoms with Crippen LogP contribution in [0.2, 0.25) is 5.02 Å². The maximum atomic E-state index is 11.8. The van der Waals surface area contributed by atoms with Gasteiger partial charge in [0.15, 0.2) is 0 Å². The van der Waals surface area contributed by atoms with Crippen molar-refractivity contribution < 1.29 is 9.53 Å². The van der Waals surface area contributed by atoms with E-state index in [1.165, 1.54) is 6.08 Å². The number of rotatable bonds is 5. The van der Waals surface area contributed by atoms with Crippen LogP contribution in [0.4, 0.5) is 11.4 Å². The number of nitrogens with two attached hydrogens (primary N) is 1. The average Bonchev–Trinajstić information content (AvgIpc) is 2.50. The van der Waals surface area contributed by atoms with Crippen LogP contribution in [0.5, 0.6) is 0 Å². The van der Waals surface area contributed by atoms with Crippen molar-refractivity contribution in [2.24, 2.45) is 0 Å². The van der Waals surface area contributed by atoms with E-state index in [4.69, 9.17) is 22.1 Å². The minimum Gasteiger partial charge on any atom is -0.463 e. The number of benzene rings is 2. The highest BCUT2D eigenvalue weighted by Crippen LogP contribution is 2.24. The van der Waals surface area contributed by atoms with Crippen LogP contribution in [0.25, 0.3) is 5.70 Å². The molecule has 0 amide bonds. The fraction of sp³-hybridized carbons (Fsp3) is 0.118. The molecule has 4 nitrogen and oxygen atoms in total. The molecule has 0 aliphatic rings. The topological polar surface area (TPSA) is 64.3 Å². The molecule has 2 aromatic rings. The van der Waals surface area contributed by atoms with Crippen molar-refractivity contribution in [3.05, 3.63) is 65.2 Å². The first kappa shape index (κ1) is 15.9. The first-order valence-electron chi connectivity index (χ1n) is 6.86. The van der Waals surface area contributed by atoms with Gasteiger partial charge >= 0.3 is 5.97 Å². The number of hydrogen-bond acceptors (Lipinski definition) is 4. The lowest BCUT2D eigenvalue weighted by atomic mass is 10.1. The minimum atomic E-state index is -0.422. The second kappa shape index (κ2) is 7.52. The molecule has 2 rings (SSSR count). The summed E-state index contributed by atoms with van der Waals surface area (Å²) in [5.74, 6) is -0.422. The summed E-state index contributed by atoms with van der Waals surface area (Å²) in [5.41, 5.74) is 8.64. The molecule has 0 heterocycles. The largest absolute Gasteiger partial charge is 0.463 e. The number of para-hydroxylation sites is 2. The Kier molecular flexibility index (Phi) is 5.44. The Morgan fingerprint density at radius 2 is 1.91 bits per heavy atom. The van der Waals surface area contributed by atoms with Crippen LogP contribution in [0, 0.1) is 0 Å². The normalized spacial score (nSPS) is 11.1. The van der Waals surface area contributed by atoms with E-state index >= 15 is 0 Å². The Morgan fingerprint density at radius 3 is 2.55 bits per heavy atom. The zero-order chi connectivity index (χ0) is 15.9. The number of carbonyl (C=O) groups excluding carboxylic acids is 1. The van der Waals surface area contributed by atoms with Crippen LogP contribution in [0.1, 0.15) is 12.5 Å². The van der Waals surface area contributed by atoms with Crippen molar-refractivity contribution in [3.63, 3.8) is 0 Å². The Morgan fingerprint density at radius 1 is 1.23 bits per heavy atom. The lowest BCUT2D eigenvalue weighted by molar-refractivity contribution is -0.137. The number of nitrogens with one attached hydrogen (secondary N) is 1. The van der Waals surface area contributed by atoms with Gasteiger partial charge in [-0.05, 0) is 36.8 Å². The summed E-state index contributed by atoms with van der Waals surface area (Å²) < 4.78 is 4.97. The molecule has 0 aliphatic carbocycles. The van der Waals surface area contributed by atoms with Gasteiger partial charge in [-0.1, -0.05) is 35.9 Å². The molecular weight excluding hydrogens is 300 g/mol. The molecule has 22 heavy (non-hydrogen) atoms. The molecule has 0 spiro atoms. The zero-order valence-electron chi connectivity index (χ0n) is 12.2. The number of esters is 1. The van der Waals surface area contributed by atoms with E-state index in [9.17, 15) is 4.79 Å². The third-order valence-electron chi connectivity index (χ3n) is 2.93. The maximum Gasteiger partial charge on any atom is 0.332 e. The highest BCUT2D eigenvalue weighted by molar-refractivity contribution is 6.30. The summed E-state index contributed by atoms with van der Waals surface area (Å²) in [6.45, 7) is 2.08. The zero-order valence-corrected chi connectivity index (χ0v) is 12.9. The van der Waals surface area contributed by atoms with Gasteiger partial charge in [0.2, 0.25) is 0 Å². The van der Waals surface area contributed by atoms with Crippen LogP contribution in [-0.4, -0.2) is 12.6 Å². The number of ether oxygens (including phenoxy) is 1. The number of carbonyl (C=O) groups is 1.